The lowest BCUT2D eigenvalue weighted by atomic mass is 9.86. The van der Waals surface area contributed by atoms with E-state index < -0.39 is 0 Å². The molecule has 0 fully saturated rings. The van der Waals surface area contributed by atoms with Crippen LogP contribution >= 0.6 is 15.9 Å². The van der Waals surface area contributed by atoms with Gasteiger partial charge in [-0.25, -0.2) is 0 Å². The van der Waals surface area contributed by atoms with Crippen LogP contribution < -0.4 is 0 Å². The summed E-state index contributed by atoms with van der Waals surface area (Å²) in [6.07, 6.45) is 9.46. The Balaban J connectivity index is 1.46. The van der Waals surface area contributed by atoms with E-state index in [0.29, 0.717) is 11.8 Å². The normalized spacial score (nSPS) is 20.3. The molecule has 0 radical (unpaired) electrons. The maximum Gasteiger partial charge on any atom is 0.0329 e. The minimum atomic E-state index is 0.534. The van der Waals surface area contributed by atoms with E-state index in [0.717, 1.165) is 0 Å². The SMILES string of the molecule is CC1=Cc2c(cc3ccccc3c2Br)C1CCC1C=Cc2ccccc21. The van der Waals surface area contributed by atoms with Gasteiger partial charge in [-0.2, -0.15) is 0 Å². The van der Waals surface area contributed by atoms with Crippen molar-refractivity contribution in [1.29, 1.82) is 0 Å². The largest absolute Gasteiger partial charge is 0.0764 e. The molecule has 3 aromatic carbocycles. The van der Waals surface area contributed by atoms with Crippen molar-refractivity contribution in [3.63, 3.8) is 0 Å². The zero-order valence-corrected chi connectivity index (χ0v) is 16.5. The van der Waals surface area contributed by atoms with Crippen molar-refractivity contribution >= 4 is 38.9 Å². The van der Waals surface area contributed by atoms with Crippen molar-refractivity contribution in [2.24, 2.45) is 0 Å². The molecule has 0 nitrogen and oxygen atoms in total. The molecule has 2 aliphatic rings. The molecule has 2 unspecified atom stereocenters. The zero-order chi connectivity index (χ0) is 17.7. The van der Waals surface area contributed by atoms with E-state index in [2.05, 4.69) is 95.7 Å². The molecule has 0 bridgehead atoms. The highest BCUT2D eigenvalue weighted by molar-refractivity contribution is 9.10. The molecule has 5 rings (SSSR count). The molecule has 0 N–H and O–H groups in total. The molecule has 2 atom stereocenters. The molecule has 0 amide bonds. The average Bonchev–Trinajstić information content (AvgIpc) is 3.21. The maximum absolute atomic E-state index is 3.87. The lowest BCUT2D eigenvalue weighted by Crippen LogP contribution is -2.02. The van der Waals surface area contributed by atoms with E-state index in [1.165, 1.54) is 55.9 Å². The molecule has 3 aromatic rings. The first-order valence-electron chi connectivity index (χ1n) is 9.39. The number of benzene rings is 3. The van der Waals surface area contributed by atoms with Crippen LogP contribution in [0.2, 0.25) is 0 Å². The summed E-state index contributed by atoms with van der Waals surface area (Å²) < 4.78 is 1.25. The number of allylic oxidation sites excluding steroid dienone is 2. The van der Waals surface area contributed by atoms with Gasteiger partial charge < -0.3 is 0 Å². The molecular formula is C25H21Br. The van der Waals surface area contributed by atoms with Gasteiger partial charge in [0.2, 0.25) is 0 Å². The van der Waals surface area contributed by atoms with E-state index in [1.807, 2.05) is 0 Å². The maximum atomic E-state index is 3.87. The van der Waals surface area contributed by atoms with E-state index in [1.54, 1.807) is 0 Å². The molecule has 0 spiro atoms. The molecule has 26 heavy (non-hydrogen) atoms. The fraction of sp³-hybridized carbons (Fsp3) is 0.200. The van der Waals surface area contributed by atoms with Crippen LogP contribution in [0.3, 0.4) is 0 Å². The molecule has 0 heterocycles. The molecule has 0 aliphatic heterocycles. The van der Waals surface area contributed by atoms with Crippen LogP contribution in [0.15, 0.2) is 70.7 Å². The predicted octanol–water partition coefficient (Wildman–Crippen LogP) is 7.69. The summed E-state index contributed by atoms with van der Waals surface area (Å²) >= 11 is 3.87. The Hall–Kier alpha value is -2.12. The third-order valence-electron chi connectivity index (χ3n) is 6.02. The number of hydrogen-bond acceptors (Lipinski definition) is 0. The number of halogens is 1. The second kappa shape index (κ2) is 6.25. The zero-order valence-electron chi connectivity index (χ0n) is 14.9. The Morgan fingerprint density at radius 2 is 1.73 bits per heavy atom. The Kier molecular flexibility index (Phi) is 3.86. The van der Waals surface area contributed by atoms with Crippen molar-refractivity contribution in [3.05, 3.63) is 93.0 Å². The number of hydrogen-bond donors (Lipinski definition) is 0. The van der Waals surface area contributed by atoms with Crippen LogP contribution in [0.4, 0.5) is 0 Å². The topological polar surface area (TPSA) is 0 Å². The highest BCUT2D eigenvalue weighted by atomic mass is 79.9. The number of rotatable bonds is 3. The summed E-state index contributed by atoms with van der Waals surface area (Å²) in [6.45, 7) is 2.29. The summed E-state index contributed by atoms with van der Waals surface area (Å²) in [5, 5.41) is 2.64. The quantitative estimate of drug-likeness (QED) is 0.422. The summed E-state index contributed by atoms with van der Waals surface area (Å²) in [4.78, 5) is 0. The van der Waals surface area contributed by atoms with Crippen LogP contribution in [0, 0.1) is 0 Å². The molecular weight excluding hydrogens is 380 g/mol. The minimum Gasteiger partial charge on any atom is -0.0764 e. The van der Waals surface area contributed by atoms with E-state index in [-0.39, 0.29) is 0 Å². The molecule has 1 heteroatoms. The van der Waals surface area contributed by atoms with Gasteiger partial charge in [-0.15, -0.1) is 0 Å². The van der Waals surface area contributed by atoms with Gasteiger partial charge in [0.25, 0.3) is 0 Å². The van der Waals surface area contributed by atoms with Crippen molar-refractivity contribution in [1.82, 2.24) is 0 Å². The lowest BCUT2D eigenvalue weighted by Gasteiger charge is -2.18. The van der Waals surface area contributed by atoms with Crippen LogP contribution in [-0.2, 0) is 0 Å². The van der Waals surface area contributed by atoms with Gasteiger partial charge in [-0.3, -0.25) is 0 Å². The van der Waals surface area contributed by atoms with Crippen LogP contribution in [-0.4, -0.2) is 0 Å². The standard InChI is InChI=1S/C25H21Br/c1-16-14-24-23(15-19-7-3-5-9-22(19)25(24)26)20(16)13-12-18-11-10-17-6-2-4-8-21(17)18/h2-11,14-15,18,20H,12-13H2,1H3. The van der Waals surface area contributed by atoms with E-state index in [9.17, 15) is 0 Å². The summed E-state index contributed by atoms with van der Waals surface area (Å²) in [7, 11) is 0. The third kappa shape index (κ3) is 2.49. The van der Waals surface area contributed by atoms with Gasteiger partial charge in [0.15, 0.2) is 0 Å². The van der Waals surface area contributed by atoms with E-state index in [4.69, 9.17) is 0 Å². The first kappa shape index (κ1) is 16.1. The van der Waals surface area contributed by atoms with Gasteiger partial charge in [-0.05, 0) is 74.8 Å². The van der Waals surface area contributed by atoms with Gasteiger partial charge in [-0.1, -0.05) is 72.3 Å². The highest BCUT2D eigenvalue weighted by Crippen LogP contribution is 2.46. The monoisotopic (exact) mass is 400 g/mol. The van der Waals surface area contributed by atoms with Crippen LogP contribution in [0.5, 0.6) is 0 Å². The second-order valence-corrected chi connectivity index (χ2v) is 8.32. The van der Waals surface area contributed by atoms with E-state index >= 15 is 0 Å². The summed E-state index contributed by atoms with van der Waals surface area (Å²) in [5.74, 6) is 1.10. The minimum absolute atomic E-state index is 0.534. The van der Waals surface area contributed by atoms with Crippen molar-refractivity contribution in [2.75, 3.05) is 0 Å². The molecule has 0 saturated heterocycles. The van der Waals surface area contributed by atoms with Crippen molar-refractivity contribution in [2.45, 2.75) is 31.6 Å². The van der Waals surface area contributed by atoms with Crippen LogP contribution in [0.1, 0.15) is 53.9 Å². The van der Waals surface area contributed by atoms with Crippen molar-refractivity contribution < 1.29 is 0 Å². The predicted molar refractivity (Wildman–Crippen MR) is 115 cm³/mol. The highest BCUT2D eigenvalue weighted by Gasteiger charge is 2.27. The average molecular weight is 401 g/mol. The first-order valence-corrected chi connectivity index (χ1v) is 10.2. The fourth-order valence-corrected chi connectivity index (χ4v) is 5.36. The third-order valence-corrected chi connectivity index (χ3v) is 6.88. The summed E-state index contributed by atoms with van der Waals surface area (Å²) in [5.41, 5.74) is 7.25. The first-order chi connectivity index (χ1) is 12.7. The Bertz CT molecular complexity index is 1070. The summed E-state index contributed by atoms with van der Waals surface area (Å²) in [6, 6.07) is 19.9. The Morgan fingerprint density at radius 1 is 0.923 bits per heavy atom. The van der Waals surface area contributed by atoms with Gasteiger partial charge >= 0.3 is 0 Å². The molecule has 2 aliphatic carbocycles. The molecule has 0 aromatic heterocycles. The number of fused-ring (bicyclic) bond motifs is 3. The van der Waals surface area contributed by atoms with Gasteiger partial charge in [0, 0.05) is 16.3 Å². The molecule has 0 saturated carbocycles. The smallest absolute Gasteiger partial charge is 0.0329 e. The fourth-order valence-electron chi connectivity index (χ4n) is 4.65. The molecule has 128 valence electrons. The van der Waals surface area contributed by atoms with Crippen LogP contribution in [0.25, 0.3) is 22.9 Å². The lowest BCUT2D eigenvalue weighted by molar-refractivity contribution is 0.626. The van der Waals surface area contributed by atoms with Crippen molar-refractivity contribution in [3.8, 4) is 0 Å². The van der Waals surface area contributed by atoms with Gasteiger partial charge in [0.1, 0.15) is 0 Å². The Morgan fingerprint density at radius 3 is 2.65 bits per heavy atom. The Labute approximate surface area is 163 Å². The van der Waals surface area contributed by atoms with Gasteiger partial charge in [0.05, 0.1) is 0 Å². The second-order valence-electron chi connectivity index (χ2n) is 7.53.